The van der Waals surface area contributed by atoms with Gasteiger partial charge in [-0.1, -0.05) is 78.9 Å². The molecule has 0 fully saturated rings. The Balaban J connectivity index is 1.48. The number of carbonyl (C=O) groups excluding carboxylic acids is 2. The number of nitrogens with one attached hydrogen (secondary N) is 2. The normalized spacial score (nSPS) is 13.3. The molecule has 4 rings (SSSR count). The maximum absolute atomic E-state index is 13.1. The third kappa shape index (κ3) is 5.51. The summed E-state index contributed by atoms with van der Waals surface area (Å²) in [6.07, 6.45) is -0.988. The van der Waals surface area contributed by atoms with Gasteiger partial charge in [-0.2, -0.15) is 0 Å². The average Bonchev–Trinajstić information content (AvgIpc) is 3.14. The largest absolute Gasteiger partial charge is 0.481 e. The van der Waals surface area contributed by atoms with Crippen LogP contribution in [0.2, 0.25) is 0 Å². The molecule has 180 valence electrons. The summed E-state index contributed by atoms with van der Waals surface area (Å²) in [6, 6.07) is 23.8. The smallest absolute Gasteiger partial charge is 0.408 e. The van der Waals surface area contributed by atoms with E-state index in [-0.39, 0.29) is 18.9 Å². The number of ether oxygens (including phenoxy) is 1. The highest BCUT2D eigenvalue weighted by Gasteiger charge is 2.32. The van der Waals surface area contributed by atoms with E-state index in [9.17, 15) is 14.4 Å². The van der Waals surface area contributed by atoms with Crippen LogP contribution in [0.15, 0.2) is 78.9 Å². The number of fused-ring (bicyclic) bond motifs is 3. The number of carbonyl (C=O) groups is 3. The molecule has 3 aromatic carbocycles. The third-order valence-corrected chi connectivity index (χ3v) is 6.06. The number of hydrogen-bond acceptors (Lipinski definition) is 4. The second-order valence-corrected chi connectivity index (χ2v) is 9.26. The molecule has 0 bridgehead atoms. The van der Waals surface area contributed by atoms with Crippen LogP contribution in [0.1, 0.15) is 48.9 Å². The van der Waals surface area contributed by atoms with Gasteiger partial charge in [-0.15, -0.1) is 0 Å². The number of carboxylic acid groups (broad SMARTS) is 1. The van der Waals surface area contributed by atoms with Crippen LogP contribution in [-0.2, 0) is 14.3 Å². The summed E-state index contributed by atoms with van der Waals surface area (Å²) in [6.45, 7) is 3.36. The molecule has 0 spiro atoms. The van der Waals surface area contributed by atoms with Crippen molar-refractivity contribution in [2.24, 2.45) is 0 Å². The van der Waals surface area contributed by atoms with E-state index in [0.29, 0.717) is 5.56 Å². The van der Waals surface area contributed by atoms with Crippen LogP contribution in [0.25, 0.3) is 11.1 Å². The lowest BCUT2D eigenvalue weighted by Gasteiger charge is -2.28. The van der Waals surface area contributed by atoms with Crippen molar-refractivity contribution in [3.8, 4) is 11.1 Å². The summed E-state index contributed by atoms with van der Waals surface area (Å²) in [4.78, 5) is 37.1. The zero-order valence-corrected chi connectivity index (χ0v) is 19.7. The predicted molar refractivity (Wildman–Crippen MR) is 132 cm³/mol. The molecule has 3 N–H and O–H groups in total. The topological polar surface area (TPSA) is 105 Å². The van der Waals surface area contributed by atoms with Gasteiger partial charge in [-0.3, -0.25) is 9.59 Å². The molecular weight excluding hydrogens is 444 g/mol. The molecule has 2 amide bonds. The van der Waals surface area contributed by atoms with Crippen LogP contribution in [-0.4, -0.2) is 35.2 Å². The van der Waals surface area contributed by atoms with Crippen LogP contribution in [0.4, 0.5) is 4.79 Å². The number of alkyl carbamates (subject to hydrolysis) is 1. The van der Waals surface area contributed by atoms with Crippen LogP contribution in [0.5, 0.6) is 0 Å². The quantitative estimate of drug-likeness (QED) is 0.443. The second kappa shape index (κ2) is 10.0. The first-order chi connectivity index (χ1) is 16.7. The molecule has 3 aromatic rings. The van der Waals surface area contributed by atoms with E-state index < -0.39 is 29.6 Å². The SMILES string of the molecule is CC(C)(CC(=O)O)NC(=O)[C@@H](NC(=O)OCC1c2ccccc2-c2ccccc21)c1ccccc1. The number of rotatable bonds is 8. The van der Waals surface area contributed by atoms with E-state index >= 15 is 0 Å². The molecule has 0 heterocycles. The molecule has 7 heteroatoms. The van der Waals surface area contributed by atoms with Crippen molar-refractivity contribution in [2.45, 2.75) is 37.8 Å². The van der Waals surface area contributed by atoms with Gasteiger partial charge < -0.3 is 20.5 Å². The lowest BCUT2D eigenvalue weighted by atomic mass is 9.98. The summed E-state index contributed by atoms with van der Waals surface area (Å²) in [7, 11) is 0. The summed E-state index contributed by atoms with van der Waals surface area (Å²) in [5.74, 6) is -1.65. The molecule has 1 aliphatic rings. The molecule has 35 heavy (non-hydrogen) atoms. The van der Waals surface area contributed by atoms with E-state index in [0.717, 1.165) is 22.3 Å². The molecule has 0 unspecified atom stereocenters. The second-order valence-electron chi connectivity index (χ2n) is 9.26. The first-order valence-electron chi connectivity index (χ1n) is 11.5. The van der Waals surface area contributed by atoms with E-state index in [1.807, 2.05) is 36.4 Å². The molecular formula is C28H28N2O5. The highest BCUT2D eigenvalue weighted by molar-refractivity contribution is 5.88. The molecule has 7 nitrogen and oxygen atoms in total. The zero-order valence-electron chi connectivity index (χ0n) is 19.7. The summed E-state index contributed by atoms with van der Waals surface area (Å²) >= 11 is 0. The number of amides is 2. The van der Waals surface area contributed by atoms with Gasteiger partial charge in [0.15, 0.2) is 0 Å². The van der Waals surface area contributed by atoms with Gasteiger partial charge in [0.25, 0.3) is 0 Å². The van der Waals surface area contributed by atoms with Crippen molar-refractivity contribution < 1.29 is 24.2 Å². The molecule has 0 saturated heterocycles. The maximum Gasteiger partial charge on any atom is 0.408 e. The molecule has 0 aliphatic heterocycles. The van der Waals surface area contributed by atoms with Crippen LogP contribution >= 0.6 is 0 Å². The summed E-state index contributed by atoms with van der Waals surface area (Å²) in [5.41, 5.74) is 3.99. The fraction of sp³-hybridized carbons (Fsp3) is 0.250. The Morgan fingerprint density at radius 2 is 1.43 bits per heavy atom. The standard InChI is InChI=1S/C28H28N2O5/c1-28(2,16-24(31)32)30-26(33)25(18-10-4-3-5-11-18)29-27(34)35-17-23-21-14-8-6-12-19(21)20-13-7-9-15-22(20)23/h3-15,23,25H,16-17H2,1-2H3,(H,29,34)(H,30,33)(H,31,32)/t25-/m0/s1. The first-order valence-corrected chi connectivity index (χ1v) is 11.5. The molecule has 1 atom stereocenters. The minimum absolute atomic E-state index is 0.105. The fourth-order valence-corrected chi connectivity index (χ4v) is 4.53. The van der Waals surface area contributed by atoms with Crippen LogP contribution < -0.4 is 10.6 Å². The van der Waals surface area contributed by atoms with Gasteiger partial charge >= 0.3 is 12.1 Å². The lowest BCUT2D eigenvalue weighted by molar-refractivity contribution is -0.138. The monoisotopic (exact) mass is 472 g/mol. The Morgan fingerprint density at radius 1 is 0.886 bits per heavy atom. The zero-order chi connectivity index (χ0) is 25.0. The van der Waals surface area contributed by atoms with Crippen molar-refractivity contribution >= 4 is 18.0 Å². The van der Waals surface area contributed by atoms with Gasteiger partial charge in [0, 0.05) is 11.5 Å². The van der Waals surface area contributed by atoms with Gasteiger partial charge in [0.05, 0.1) is 6.42 Å². The van der Waals surface area contributed by atoms with Gasteiger partial charge in [0.2, 0.25) is 5.91 Å². The highest BCUT2D eigenvalue weighted by Crippen LogP contribution is 2.44. The minimum atomic E-state index is -1.04. The van der Waals surface area contributed by atoms with E-state index in [4.69, 9.17) is 9.84 Å². The van der Waals surface area contributed by atoms with Crippen molar-refractivity contribution in [1.82, 2.24) is 10.6 Å². The van der Waals surface area contributed by atoms with Gasteiger partial charge in [-0.25, -0.2) is 4.79 Å². The number of hydrogen-bond donors (Lipinski definition) is 3. The molecule has 1 aliphatic carbocycles. The third-order valence-electron chi connectivity index (χ3n) is 6.06. The van der Waals surface area contributed by atoms with Crippen molar-refractivity contribution in [3.05, 3.63) is 95.6 Å². The van der Waals surface area contributed by atoms with E-state index in [1.165, 1.54) is 0 Å². The summed E-state index contributed by atoms with van der Waals surface area (Å²) in [5, 5.41) is 14.5. The van der Waals surface area contributed by atoms with Crippen LogP contribution in [0.3, 0.4) is 0 Å². The maximum atomic E-state index is 13.1. The molecule has 0 radical (unpaired) electrons. The minimum Gasteiger partial charge on any atom is -0.481 e. The average molecular weight is 473 g/mol. The highest BCUT2D eigenvalue weighted by atomic mass is 16.5. The summed E-state index contributed by atoms with van der Waals surface area (Å²) < 4.78 is 5.61. The Morgan fingerprint density at radius 3 is 2.00 bits per heavy atom. The number of carboxylic acids is 1. The first kappa shape index (κ1) is 24.0. The molecule has 0 saturated carbocycles. The Labute approximate surface area is 204 Å². The van der Waals surface area contributed by atoms with Gasteiger partial charge in [0.1, 0.15) is 12.6 Å². The Bertz CT molecular complexity index is 1190. The fourth-order valence-electron chi connectivity index (χ4n) is 4.53. The Kier molecular flexibility index (Phi) is 6.87. The predicted octanol–water partition coefficient (Wildman–Crippen LogP) is 4.64. The van der Waals surface area contributed by atoms with Gasteiger partial charge in [-0.05, 0) is 41.7 Å². The van der Waals surface area contributed by atoms with Crippen molar-refractivity contribution in [2.75, 3.05) is 6.61 Å². The van der Waals surface area contributed by atoms with Crippen molar-refractivity contribution in [3.63, 3.8) is 0 Å². The lowest BCUT2D eigenvalue weighted by Crippen LogP contribution is -2.50. The Hall–Kier alpha value is -4.13. The van der Waals surface area contributed by atoms with Crippen molar-refractivity contribution in [1.29, 1.82) is 0 Å². The number of benzene rings is 3. The van der Waals surface area contributed by atoms with E-state index in [1.54, 1.807) is 44.2 Å². The number of aliphatic carboxylic acids is 1. The van der Waals surface area contributed by atoms with E-state index in [2.05, 4.69) is 22.8 Å². The molecule has 0 aromatic heterocycles. The van der Waals surface area contributed by atoms with Crippen LogP contribution in [0, 0.1) is 0 Å².